The molecule has 0 aromatic heterocycles. The number of allylic oxidation sites excluding steroid dienone is 3. The lowest BCUT2D eigenvalue weighted by molar-refractivity contribution is -0.0404. The van der Waals surface area contributed by atoms with Crippen molar-refractivity contribution in [3.63, 3.8) is 0 Å². The van der Waals surface area contributed by atoms with E-state index in [-0.39, 0.29) is 0 Å². The Bertz CT molecular complexity index is 753. The van der Waals surface area contributed by atoms with Gasteiger partial charge in [-0.1, -0.05) is 64.8 Å². The third-order valence-corrected chi connectivity index (χ3v) is 9.39. The van der Waals surface area contributed by atoms with Crippen molar-refractivity contribution in [1.29, 1.82) is 0 Å². The molecule has 2 unspecified atom stereocenters. The van der Waals surface area contributed by atoms with Gasteiger partial charge in [-0.25, -0.2) is 0 Å². The van der Waals surface area contributed by atoms with Crippen LogP contribution in [0.1, 0.15) is 99.3 Å². The van der Waals surface area contributed by atoms with E-state index < -0.39 is 23.2 Å². The van der Waals surface area contributed by atoms with Gasteiger partial charge in [0, 0.05) is 5.41 Å². The van der Waals surface area contributed by atoms with Gasteiger partial charge >= 0.3 is 0 Å². The number of aliphatic hydroxyl groups excluding tert-OH is 2. The molecule has 0 spiro atoms. The molecule has 3 saturated carbocycles. The Hall–Kier alpha value is -0.900. The van der Waals surface area contributed by atoms with Crippen LogP contribution in [0.4, 0.5) is 0 Å². The fourth-order valence-corrected chi connectivity index (χ4v) is 7.06. The predicted octanol–water partition coefficient (Wildman–Crippen LogP) is 6.34. The molecule has 32 heavy (non-hydrogen) atoms. The standard InChI is InChI=1S/C29H48O3/c1-19(10-8-16-27(3,4)32)23-14-15-24-21(11-9-17-29(23,24)7)12-13-22-18-25(30)28(5,6)26(31)20(22)2/h12-13,19,23-26,30-32H,2,8-11,14-18H2,1,3-7H3/b21-12+,22-13-/t19-,23?,24?,25-,26-,29-/m1/s1. The first-order chi connectivity index (χ1) is 14.8. The molecule has 3 heteroatoms. The van der Waals surface area contributed by atoms with E-state index in [9.17, 15) is 15.3 Å². The summed E-state index contributed by atoms with van der Waals surface area (Å²) in [4.78, 5) is 0. The third kappa shape index (κ3) is 5.10. The Kier molecular flexibility index (Phi) is 7.55. The molecule has 3 N–H and O–H groups in total. The van der Waals surface area contributed by atoms with Crippen LogP contribution in [0.2, 0.25) is 0 Å². The van der Waals surface area contributed by atoms with Gasteiger partial charge in [0.15, 0.2) is 0 Å². The Labute approximate surface area is 196 Å². The van der Waals surface area contributed by atoms with Crippen molar-refractivity contribution in [2.75, 3.05) is 0 Å². The van der Waals surface area contributed by atoms with Crippen LogP contribution in [0.3, 0.4) is 0 Å². The van der Waals surface area contributed by atoms with Gasteiger partial charge in [0.1, 0.15) is 0 Å². The van der Waals surface area contributed by atoms with E-state index in [1.54, 1.807) is 5.57 Å². The zero-order valence-corrected chi connectivity index (χ0v) is 21.5. The van der Waals surface area contributed by atoms with Gasteiger partial charge in [0.25, 0.3) is 0 Å². The summed E-state index contributed by atoms with van der Waals surface area (Å²) in [6, 6.07) is 0. The summed E-state index contributed by atoms with van der Waals surface area (Å²) in [5.41, 5.74) is 2.57. The zero-order valence-electron chi connectivity index (χ0n) is 21.5. The SMILES string of the molecule is C=C1/C(=C\C=C2/CCC[C@@]3(C)C2CCC3[C@H](C)CCCC(C)(C)O)C[C@@H](O)C(C)(C)[C@@H]1O. The van der Waals surface area contributed by atoms with Gasteiger partial charge in [-0.05, 0) is 93.1 Å². The van der Waals surface area contributed by atoms with E-state index in [2.05, 4.69) is 32.6 Å². The first-order valence-electron chi connectivity index (χ1n) is 12.9. The van der Waals surface area contributed by atoms with Crippen LogP contribution in [0.15, 0.2) is 35.5 Å². The second-order valence-corrected chi connectivity index (χ2v) is 12.7. The fraction of sp³-hybridized carbons (Fsp3) is 0.793. The predicted molar refractivity (Wildman–Crippen MR) is 133 cm³/mol. The van der Waals surface area contributed by atoms with E-state index in [0.29, 0.717) is 23.7 Å². The molecule has 3 aliphatic carbocycles. The van der Waals surface area contributed by atoms with Gasteiger partial charge in [-0.3, -0.25) is 0 Å². The molecule has 182 valence electrons. The van der Waals surface area contributed by atoms with Crippen molar-refractivity contribution in [3.8, 4) is 0 Å². The van der Waals surface area contributed by atoms with Crippen LogP contribution >= 0.6 is 0 Å². The number of hydrogen-bond acceptors (Lipinski definition) is 3. The van der Waals surface area contributed by atoms with Gasteiger partial charge < -0.3 is 15.3 Å². The maximum Gasteiger partial charge on any atom is 0.0862 e. The molecule has 0 bridgehead atoms. The highest BCUT2D eigenvalue weighted by atomic mass is 16.3. The summed E-state index contributed by atoms with van der Waals surface area (Å²) in [6.07, 6.45) is 13.2. The lowest BCUT2D eigenvalue weighted by Gasteiger charge is -2.44. The summed E-state index contributed by atoms with van der Waals surface area (Å²) < 4.78 is 0. The highest BCUT2D eigenvalue weighted by Gasteiger charge is 2.50. The third-order valence-electron chi connectivity index (χ3n) is 9.39. The lowest BCUT2D eigenvalue weighted by atomic mass is 9.60. The maximum absolute atomic E-state index is 10.7. The van der Waals surface area contributed by atoms with E-state index in [1.807, 2.05) is 27.7 Å². The molecular weight excluding hydrogens is 396 g/mol. The smallest absolute Gasteiger partial charge is 0.0862 e. The summed E-state index contributed by atoms with van der Waals surface area (Å²) >= 11 is 0. The molecule has 0 amide bonds. The average Bonchev–Trinajstić information content (AvgIpc) is 3.05. The van der Waals surface area contributed by atoms with Crippen LogP contribution in [0.25, 0.3) is 0 Å². The van der Waals surface area contributed by atoms with Crippen LogP contribution in [-0.4, -0.2) is 33.1 Å². The molecule has 6 atom stereocenters. The number of aliphatic hydroxyl groups is 3. The average molecular weight is 445 g/mol. The number of hydrogen-bond donors (Lipinski definition) is 3. The van der Waals surface area contributed by atoms with Crippen LogP contribution in [-0.2, 0) is 0 Å². The second-order valence-electron chi connectivity index (χ2n) is 12.7. The van der Waals surface area contributed by atoms with E-state index in [1.165, 1.54) is 32.1 Å². The van der Waals surface area contributed by atoms with E-state index in [4.69, 9.17) is 0 Å². The molecule has 0 heterocycles. The van der Waals surface area contributed by atoms with E-state index in [0.717, 1.165) is 36.3 Å². The summed E-state index contributed by atoms with van der Waals surface area (Å²) in [7, 11) is 0. The van der Waals surface area contributed by atoms with Crippen LogP contribution in [0.5, 0.6) is 0 Å². The molecule has 0 aromatic rings. The Balaban J connectivity index is 1.72. The maximum atomic E-state index is 10.7. The first-order valence-corrected chi connectivity index (χ1v) is 12.9. The summed E-state index contributed by atoms with van der Waals surface area (Å²) in [6.45, 7) is 16.8. The van der Waals surface area contributed by atoms with Gasteiger partial charge in [0.05, 0.1) is 17.8 Å². The van der Waals surface area contributed by atoms with E-state index >= 15 is 0 Å². The van der Waals surface area contributed by atoms with Crippen molar-refractivity contribution < 1.29 is 15.3 Å². The van der Waals surface area contributed by atoms with Crippen molar-refractivity contribution in [2.45, 2.75) is 117 Å². The molecule has 3 rings (SSSR count). The Morgan fingerprint density at radius 2 is 1.84 bits per heavy atom. The van der Waals surface area contributed by atoms with Gasteiger partial charge in [-0.2, -0.15) is 0 Å². The highest BCUT2D eigenvalue weighted by Crippen LogP contribution is 2.60. The molecule has 3 fully saturated rings. The molecule has 3 nitrogen and oxygen atoms in total. The largest absolute Gasteiger partial charge is 0.392 e. The molecular formula is C29H48O3. The number of rotatable bonds is 6. The minimum atomic E-state index is -0.701. The van der Waals surface area contributed by atoms with Gasteiger partial charge in [-0.15, -0.1) is 0 Å². The molecule has 0 aliphatic heterocycles. The van der Waals surface area contributed by atoms with Crippen LogP contribution < -0.4 is 0 Å². The minimum absolute atomic E-state index is 0.362. The fourth-order valence-electron chi connectivity index (χ4n) is 7.06. The normalized spacial score (nSPS) is 38.8. The molecule has 3 aliphatic rings. The Morgan fingerprint density at radius 3 is 2.50 bits per heavy atom. The lowest BCUT2D eigenvalue weighted by Crippen LogP contribution is -2.45. The highest BCUT2D eigenvalue weighted by molar-refractivity contribution is 5.40. The molecule has 0 radical (unpaired) electrons. The monoisotopic (exact) mass is 444 g/mol. The van der Waals surface area contributed by atoms with Gasteiger partial charge in [0.2, 0.25) is 0 Å². The Morgan fingerprint density at radius 1 is 1.16 bits per heavy atom. The first kappa shape index (κ1) is 25.7. The van der Waals surface area contributed by atoms with Crippen molar-refractivity contribution in [3.05, 3.63) is 35.5 Å². The second kappa shape index (κ2) is 9.39. The molecule has 0 saturated heterocycles. The van der Waals surface area contributed by atoms with Crippen molar-refractivity contribution >= 4 is 0 Å². The zero-order chi connectivity index (χ0) is 23.9. The van der Waals surface area contributed by atoms with Crippen molar-refractivity contribution in [1.82, 2.24) is 0 Å². The van der Waals surface area contributed by atoms with Crippen LogP contribution in [0, 0.1) is 28.6 Å². The topological polar surface area (TPSA) is 60.7 Å². The summed E-state index contributed by atoms with van der Waals surface area (Å²) in [5.74, 6) is 2.08. The van der Waals surface area contributed by atoms with Crippen molar-refractivity contribution in [2.24, 2.45) is 28.6 Å². The quantitative estimate of drug-likeness (QED) is 0.448. The molecule has 0 aromatic carbocycles. The minimum Gasteiger partial charge on any atom is -0.392 e. The summed E-state index contributed by atoms with van der Waals surface area (Å²) in [5, 5.41) is 31.3. The number of fused-ring (bicyclic) bond motifs is 1.